The van der Waals surface area contributed by atoms with Gasteiger partial charge in [0.15, 0.2) is 14.3 Å². The molecule has 0 N–H and O–H groups in total. The van der Waals surface area contributed by atoms with Gasteiger partial charge in [-0.1, -0.05) is 152 Å². The van der Waals surface area contributed by atoms with Gasteiger partial charge in [-0.25, -0.2) is 0 Å². The zero-order valence-corrected chi connectivity index (χ0v) is 26.8. The molecule has 0 saturated heterocycles. The molecule has 220 valence electrons. The van der Waals surface area contributed by atoms with E-state index in [9.17, 15) is 0 Å². The molecule has 45 heavy (non-hydrogen) atoms. The van der Waals surface area contributed by atoms with Crippen LogP contribution in [0.15, 0.2) is 158 Å². The van der Waals surface area contributed by atoms with Crippen LogP contribution in [0.2, 0.25) is 0 Å². The number of benzene rings is 6. The molecule has 1 atom stereocenters. The van der Waals surface area contributed by atoms with E-state index in [0.29, 0.717) is 0 Å². The van der Waals surface area contributed by atoms with Gasteiger partial charge in [-0.3, -0.25) is 0 Å². The van der Waals surface area contributed by atoms with Crippen LogP contribution in [-0.4, -0.2) is 0 Å². The molecule has 6 aromatic rings. The summed E-state index contributed by atoms with van der Waals surface area (Å²) in [7, 11) is -6.35. The Morgan fingerprint density at radius 2 is 0.889 bits per heavy atom. The molecule has 1 spiro atoms. The van der Waals surface area contributed by atoms with Gasteiger partial charge in [-0.2, -0.15) is 0 Å². The first-order chi connectivity index (χ1) is 22.0. The number of hydrogen-bond donors (Lipinski definition) is 0. The minimum absolute atomic E-state index is 0.283. The van der Waals surface area contributed by atoms with Crippen molar-refractivity contribution >= 4 is 46.1 Å². The van der Waals surface area contributed by atoms with Crippen LogP contribution in [0.25, 0.3) is 0 Å². The average Bonchev–Trinajstić information content (AvgIpc) is 3.69. The van der Waals surface area contributed by atoms with Gasteiger partial charge >= 0.3 is 0 Å². The van der Waals surface area contributed by atoms with Gasteiger partial charge in [0.2, 0.25) is 0 Å². The summed E-state index contributed by atoms with van der Waals surface area (Å²) in [5.41, 5.74) is 4.79. The zero-order chi connectivity index (χ0) is 30.5. The van der Waals surface area contributed by atoms with Crippen LogP contribution in [0.3, 0.4) is 0 Å². The van der Waals surface area contributed by atoms with E-state index in [1.807, 2.05) is 121 Å². The standard InChI is InChI=1S/C41H34O2P2/c42-44(33-15-5-1-6-16-33,34-17-7-2-8-18-34)37-25-24-31-26-28-41(38(31)30-37)29-27-32-14-13-23-39(40(32)41)45(43,35-19-9-3-10-20-35)36-21-11-4-12-22-36/h1-25,30H,26-29H2. The molecule has 1 unspecified atom stereocenters. The first kappa shape index (κ1) is 28.3. The summed E-state index contributed by atoms with van der Waals surface area (Å²) >= 11 is 0. The van der Waals surface area contributed by atoms with Crippen LogP contribution in [0.1, 0.15) is 35.1 Å². The van der Waals surface area contributed by atoms with E-state index >= 15 is 9.13 Å². The molecule has 0 heterocycles. The van der Waals surface area contributed by atoms with Crippen LogP contribution in [0.4, 0.5) is 0 Å². The number of hydrogen-bond acceptors (Lipinski definition) is 2. The summed E-state index contributed by atoms with van der Waals surface area (Å²) in [6.07, 6.45) is 3.80. The maximum absolute atomic E-state index is 15.8. The second kappa shape index (κ2) is 11.0. The minimum Gasteiger partial charge on any atom is -0.309 e. The number of aryl methyl sites for hydroxylation is 2. The molecule has 2 nitrogen and oxygen atoms in total. The molecule has 0 amide bonds. The van der Waals surface area contributed by atoms with Crippen molar-refractivity contribution in [2.75, 3.05) is 0 Å². The van der Waals surface area contributed by atoms with Crippen molar-refractivity contribution in [3.05, 3.63) is 180 Å². The lowest BCUT2D eigenvalue weighted by atomic mass is 9.76. The Labute approximate surface area is 265 Å². The third-order valence-electron chi connectivity index (χ3n) is 10.0. The van der Waals surface area contributed by atoms with Crippen molar-refractivity contribution in [1.29, 1.82) is 0 Å². The topological polar surface area (TPSA) is 34.1 Å². The highest BCUT2D eigenvalue weighted by atomic mass is 31.2. The van der Waals surface area contributed by atoms with Crippen molar-refractivity contribution in [3.63, 3.8) is 0 Å². The van der Waals surface area contributed by atoms with E-state index in [2.05, 4.69) is 36.4 Å². The van der Waals surface area contributed by atoms with Crippen molar-refractivity contribution in [1.82, 2.24) is 0 Å². The molecular weight excluding hydrogens is 586 g/mol. The fourth-order valence-electron chi connectivity index (χ4n) is 7.93. The first-order valence-electron chi connectivity index (χ1n) is 15.7. The number of fused-ring (bicyclic) bond motifs is 4. The average molecular weight is 621 g/mol. The number of rotatable bonds is 6. The minimum atomic E-state index is -3.20. The van der Waals surface area contributed by atoms with Gasteiger partial charge in [0.05, 0.1) is 0 Å². The maximum atomic E-state index is 15.8. The lowest BCUT2D eigenvalue weighted by Crippen LogP contribution is -2.34. The van der Waals surface area contributed by atoms with Crippen LogP contribution in [0, 0.1) is 0 Å². The summed E-state index contributed by atoms with van der Waals surface area (Å²) in [5, 5.41) is 5.21. The summed E-state index contributed by atoms with van der Waals surface area (Å²) in [6.45, 7) is 0. The molecular formula is C41H34O2P2. The molecule has 0 bridgehead atoms. The highest BCUT2D eigenvalue weighted by Gasteiger charge is 2.49. The monoisotopic (exact) mass is 620 g/mol. The molecule has 2 aliphatic carbocycles. The lowest BCUT2D eigenvalue weighted by molar-refractivity contribution is 0.509. The molecule has 4 heteroatoms. The smallest absolute Gasteiger partial charge is 0.171 e. The first-order valence-corrected chi connectivity index (χ1v) is 19.2. The van der Waals surface area contributed by atoms with Gasteiger partial charge in [0.25, 0.3) is 0 Å². The predicted molar refractivity (Wildman–Crippen MR) is 189 cm³/mol. The van der Waals surface area contributed by atoms with E-state index < -0.39 is 14.3 Å². The highest BCUT2D eigenvalue weighted by Crippen LogP contribution is 2.56. The third-order valence-corrected chi connectivity index (χ3v) is 16.2. The highest BCUT2D eigenvalue weighted by molar-refractivity contribution is 7.85. The Morgan fingerprint density at radius 1 is 0.422 bits per heavy atom. The van der Waals surface area contributed by atoms with Gasteiger partial charge in [-0.15, -0.1) is 0 Å². The van der Waals surface area contributed by atoms with Crippen molar-refractivity contribution in [2.45, 2.75) is 31.1 Å². The Morgan fingerprint density at radius 3 is 1.40 bits per heavy atom. The molecule has 0 saturated carbocycles. The normalized spacial score (nSPS) is 17.2. The van der Waals surface area contributed by atoms with Gasteiger partial charge < -0.3 is 9.13 Å². The Balaban J connectivity index is 1.36. The molecule has 6 aromatic carbocycles. The fraction of sp³-hybridized carbons (Fsp3) is 0.122. The molecule has 0 radical (unpaired) electrons. The van der Waals surface area contributed by atoms with E-state index in [1.54, 1.807) is 0 Å². The summed E-state index contributed by atoms with van der Waals surface area (Å²) < 4.78 is 31.2. The Hall–Kier alpha value is -4.22. The molecule has 2 aliphatic rings. The van der Waals surface area contributed by atoms with Crippen LogP contribution < -0.4 is 31.8 Å². The SMILES string of the molecule is O=P(c1ccccc1)(c1ccccc1)c1ccc2c(c1)C1(CC2)CCc2cccc(P(=O)(c3ccccc3)c3ccccc3)c21. The van der Waals surface area contributed by atoms with E-state index in [-0.39, 0.29) is 5.41 Å². The quantitative estimate of drug-likeness (QED) is 0.186. The molecule has 0 aromatic heterocycles. The van der Waals surface area contributed by atoms with E-state index in [1.165, 1.54) is 22.3 Å². The van der Waals surface area contributed by atoms with Crippen molar-refractivity contribution in [2.24, 2.45) is 0 Å². The van der Waals surface area contributed by atoms with Crippen LogP contribution >= 0.6 is 14.3 Å². The van der Waals surface area contributed by atoms with Crippen molar-refractivity contribution < 1.29 is 9.13 Å². The maximum Gasteiger partial charge on any atom is 0.171 e. The summed E-state index contributed by atoms with van der Waals surface area (Å²) in [6, 6.07) is 52.9. The molecule has 8 rings (SSSR count). The van der Waals surface area contributed by atoms with Crippen LogP contribution in [-0.2, 0) is 27.4 Å². The van der Waals surface area contributed by atoms with Crippen LogP contribution in [0.5, 0.6) is 0 Å². The summed E-state index contributed by atoms with van der Waals surface area (Å²) in [4.78, 5) is 0. The second-order valence-electron chi connectivity index (χ2n) is 12.3. The second-order valence-corrected chi connectivity index (χ2v) is 17.8. The Bertz CT molecular complexity index is 2020. The van der Waals surface area contributed by atoms with Gasteiger partial charge in [0.1, 0.15) is 0 Å². The fourth-order valence-corrected chi connectivity index (χ4v) is 13.6. The molecule has 0 aliphatic heterocycles. The van der Waals surface area contributed by atoms with E-state index in [0.717, 1.165) is 57.5 Å². The lowest BCUT2D eigenvalue weighted by Gasteiger charge is -2.32. The predicted octanol–water partition coefficient (Wildman–Crippen LogP) is 7.14. The molecule has 0 fully saturated rings. The summed E-state index contributed by atoms with van der Waals surface area (Å²) in [5.74, 6) is 0. The Kier molecular flexibility index (Phi) is 6.90. The third kappa shape index (κ3) is 4.31. The van der Waals surface area contributed by atoms with Gasteiger partial charge in [-0.05, 0) is 54.0 Å². The van der Waals surface area contributed by atoms with Gasteiger partial charge in [0, 0.05) is 37.2 Å². The van der Waals surface area contributed by atoms with Crippen molar-refractivity contribution in [3.8, 4) is 0 Å². The van der Waals surface area contributed by atoms with E-state index in [4.69, 9.17) is 0 Å². The zero-order valence-electron chi connectivity index (χ0n) is 25.1. The largest absolute Gasteiger partial charge is 0.309 e.